The van der Waals surface area contributed by atoms with E-state index in [1.165, 1.54) is 29.7 Å². The van der Waals surface area contributed by atoms with Crippen molar-refractivity contribution >= 4 is 38.4 Å². The van der Waals surface area contributed by atoms with Crippen molar-refractivity contribution in [2.75, 3.05) is 18.5 Å². The van der Waals surface area contributed by atoms with Crippen LogP contribution in [0.5, 0.6) is 0 Å². The van der Waals surface area contributed by atoms with Crippen molar-refractivity contribution in [1.82, 2.24) is 0 Å². The predicted molar refractivity (Wildman–Crippen MR) is 86.8 cm³/mol. The molecule has 5 nitrogen and oxygen atoms in total. The lowest BCUT2D eigenvalue weighted by atomic mass is 10.2. The summed E-state index contributed by atoms with van der Waals surface area (Å²) in [4.78, 5) is 23.6. The van der Waals surface area contributed by atoms with Gasteiger partial charge in [0, 0.05) is 10.9 Å². The van der Waals surface area contributed by atoms with Crippen LogP contribution in [0.2, 0.25) is 0 Å². The number of hydrogen-bond acceptors (Lipinski definition) is 6. The Hall–Kier alpha value is -2.41. The van der Waals surface area contributed by atoms with Crippen LogP contribution in [0.25, 0.3) is 10.1 Å². The molecule has 0 amide bonds. The van der Waals surface area contributed by atoms with Crippen LogP contribution in [0.1, 0.15) is 13.8 Å². The van der Waals surface area contributed by atoms with Crippen LogP contribution < -0.4 is 5.32 Å². The van der Waals surface area contributed by atoms with E-state index < -0.39 is 11.9 Å². The number of thiophene rings is 1. The van der Waals surface area contributed by atoms with E-state index in [1.807, 2.05) is 0 Å². The monoisotopic (exact) mass is 337 g/mol. The second-order valence-corrected chi connectivity index (χ2v) is 5.52. The molecule has 0 aliphatic rings. The SMILES string of the molecule is CCOC(=O)C(=CNc1cc2cc(F)ccc2s1)C(=O)OCC. The number of benzene rings is 1. The first-order valence-electron chi connectivity index (χ1n) is 7.05. The highest BCUT2D eigenvalue weighted by molar-refractivity contribution is 7.22. The summed E-state index contributed by atoms with van der Waals surface area (Å²) < 4.78 is 23.8. The van der Waals surface area contributed by atoms with Crippen LogP contribution >= 0.6 is 11.3 Å². The van der Waals surface area contributed by atoms with Crippen molar-refractivity contribution in [1.29, 1.82) is 0 Å². The third-order valence-electron chi connectivity index (χ3n) is 2.83. The summed E-state index contributed by atoms with van der Waals surface area (Å²) in [5.74, 6) is -1.84. The van der Waals surface area contributed by atoms with E-state index in [-0.39, 0.29) is 24.6 Å². The Labute approximate surface area is 136 Å². The van der Waals surface area contributed by atoms with Gasteiger partial charge < -0.3 is 14.8 Å². The molecule has 0 spiro atoms. The average Bonchev–Trinajstić information content (AvgIpc) is 2.89. The minimum Gasteiger partial charge on any atom is -0.462 e. The molecular formula is C16H16FNO4S. The lowest BCUT2D eigenvalue weighted by Crippen LogP contribution is -2.19. The van der Waals surface area contributed by atoms with Crippen molar-refractivity contribution in [3.63, 3.8) is 0 Å². The normalized spacial score (nSPS) is 10.2. The standard InChI is InChI=1S/C16H16FNO4S/c1-3-21-15(19)12(16(20)22-4-2)9-18-14-8-10-7-11(17)5-6-13(10)23-14/h5-9,18H,3-4H2,1-2H3. The summed E-state index contributed by atoms with van der Waals surface area (Å²) in [6.45, 7) is 3.60. The highest BCUT2D eigenvalue weighted by Gasteiger charge is 2.21. The molecule has 0 aliphatic carbocycles. The highest BCUT2D eigenvalue weighted by Crippen LogP contribution is 2.30. The molecule has 0 unspecified atom stereocenters. The van der Waals surface area contributed by atoms with Crippen molar-refractivity contribution in [2.24, 2.45) is 0 Å². The smallest absolute Gasteiger partial charge is 0.347 e. The zero-order valence-corrected chi connectivity index (χ0v) is 13.5. The first kappa shape index (κ1) is 17.0. The summed E-state index contributed by atoms with van der Waals surface area (Å²) in [5.41, 5.74) is -0.225. The van der Waals surface area contributed by atoms with Crippen LogP contribution in [0.15, 0.2) is 36.0 Å². The van der Waals surface area contributed by atoms with Gasteiger partial charge in [0.1, 0.15) is 5.82 Å². The Bertz CT molecular complexity index is 734. The summed E-state index contributed by atoms with van der Waals surface area (Å²) >= 11 is 1.37. The molecule has 0 saturated carbocycles. The van der Waals surface area contributed by atoms with Gasteiger partial charge in [0.05, 0.1) is 18.2 Å². The van der Waals surface area contributed by atoms with Gasteiger partial charge in [-0.15, -0.1) is 11.3 Å². The second kappa shape index (κ2) is 7.73. The van der Waals surface area contributed by atoms with Gasteiger partial charge in [-0.1, -0.05) is 0 Å². The summed E-state index contributed by atoms with van der Waals surface area (Å²) in [6, 6.07) is 6.19. The highest BCUT2D eigenvalue weighted by atomic mass is 32.1. The maximum Gasteiger partial charge on any atom is 0.347 e. The van der Waals surface area contributed by atoms with E-state index in [0.717, 1.165) is 10.1 Å². The third kappa shape index (κ3) is 4.29. The number of rotatable bonds is 6. The van der Waals surface area contributed by atoms with E-state index in [0.29, 0.717) is 5.00 Å². The molecule has 0 saturated heterocycles. The number of halogens is 1. The number of carbonyl (C=O) groups excluding carboxylic acids is 2. The molecule has 7 heteroatoms. The van der Waals surface area contributed by atoms with Crippen LogP contribution in [-0.4, -0.2) is 25.2 Å². The Kier molecular flexibility index (Phi) is 5.70. The molecule has 2 rings (SSSR count). The van der Waals surface area contributed by atoms with Crippen molar-refractivity contribution in [2.45, 2.75) is 13.8 Å². The minimum atomic E-state index is -0.759. The number of ether oxygens (including phenoxy) is 2. The predicted octanol–water partition coefficient (Wildman–Crippen LogP) is 3.46. The minimum absolute atomic E-state index is 0.151. The van der Waals surface area contributed by atoms with E-state index >= 15 is 0 Å². The number of hydrogen-bond donors (Lipinski definition) is 1. The van der Waals surface area contributed by atoms with Crippen molar-refractivity contribution in [3.8, 4) is 0 Å². The van der Waals surface area contributed by atoms with E-state index in [1.54, 1.807) is 26.0 Å². The first-order valence-corrected chi connectivity index (χ1v) is 7.86. The van der Waals surface area contributed by atoms with E-state index in [9.17, 15) is 14.0 Å². The zero-order chi connectivity index (χ0) is 16.8. The Morgan fingerprint density at radius 2 is 1.83 bits per heavy atom. The maximum atomic E-state index is 13.2. The molecule has 0 radical (unpaired) electrons. The van der Waals surface area contributed by atoms with Crippen LogP contribution in [0, 0.1) is 5.82 Å². The fraction of sp³-hybridized carbons (Fsp3) is 0.250. The number of nitrogens with one attached hydrogen (secondary N) is 1. The average molecular weight is 337 g/mol. The van der Waals surface area contributed by atoms with Gasteiger partial charge in [0.15, 0.2) is 5.57 Å². The van der Waals surface area contributed by atoms with Gasteiger partial charge in [-0.2, -0.15) is 0 Å². The van der Waals surface area contributed by atoms with E-state index in [2.05, 4.69) is 5.32 Å². The molecule has 1 aromatic carbocycles. The molecule has 0 atom stereocenters. The quantitative estimate of drug-likeness (QED) is 0.378. The molecular weight excluding hydrogens is 321 g/mol. The lowest BCUT2D eigenvalue weighted by Gasteiger charge is -2.06. The van der Waals surface area contributed by atoms with Gasteiger partial charge in [0.2, 0.25) is 0 Å². The van der Waals surface area contributed by atoms with Crippen molar-refractivity contribution < 1.29 is 23.5 Å². The first-order chi connectivity index (χ1) is 11.0. The number of carbonyl (C=O) groups is 2. The van der Waals surface area contributed by atoms with Gasteiger partial charge in [-0.05, 0) is 43.5 Å². The Morgan fingerprint density at radius 3 is 2.43 bits per heavy atom. The summed E-state index contributed by atoms with van der Waals surface area (Å²) in [5, 5.41) is 4.26. The molecule has 23 heavy (non-hydrogen) atoms. The molecule has 0 fully saturated rings. The molecule has 1 aromatic heterocycles. The fourth-order valence-corrected chi connectivity index (χ4v) is 2.76. The van der Waals surface area contributed by atoms with Gasteiger partial charge >= 0.3 is 11.9 Å². The number of esters is 2. The van der Waals surface area contributed by atoms with Crippen LogP contribution in [0.3, 0.4) is 0 Å². The molecule has 122 valence electrons. The van der Waals surface area contributed by atoms with Gasteiger partial charge in [0.25, 0.3) is 0 Å². The molecule has 1 N–H and O–H groups in total. The summed E-state index contributed by atoms with van der Waals surface area (Å²) in [7, 11) is 0. The van der Waals surface area contributed by atoms with E-state index in [4.69, 9.17) is 9.47 Å². The number of fused-ring (bicyclic) bond motifs is 1. The number of anilines is 1. The van der Waals surface area contributed by atoms with Gasteiger partial charge in [-0.3, -0.25) is 0 Å². The summed E-state index contributed by atoms with van der Waals surface area (Å²) in [6.07, 6.45) is 1.25. The fourth-order valence-electron chi connectivity index (χ4n) is 1.85. The van der Waals surface area contributed by atoms with Crippen LogP contribution in [-0.2, 0) is 19.1 Å². The third-order valence-corrected chi connectivity index (χ3v) is 3.88. The molecule has 0 bridgehead atoms. The maximum absolute atomic E-state index is 13.2. The topological polar surface area (TPSA) is 64.6 Å². The lowest BCUT2D eigenvalue weighted by molar-refractivity contribution is -0.146. The largest absolute Gasteiger partial charge is 0.462 e. The zero-order valence-electron chi connectivity index (χ0n) is 12.7. The van der Waals surface area contributed by atoms with Crippen molar-refractivity contribution in [3.05, 3.63) is 41.9 Å². The Morgan fingerprint density at radius 1 is 1.17 bits per heavy atom. The molecule has 2 aromatic rings. The molecule has 1 heterocycles. The Balaban J connectivity index is 2.23. The van der Waals surface area contributed by atoms with Gasteiger partial charge in [-0.25, -0.2) is 14.0 Å². The molecule has 0 aliphatic heterocycles. The second-order valence-electron chi connectivity index (χ2n) is 4.44. The van der Waals surface area contributed by atoms with Crippen LogP contribution in [0.4, 0.5) is 9.39 Å².